The van der Waals surface area contributed by atoms with Gasteiger partial charge in [-0.1, -0.05) is 0 Å². The Morgan fingerprint density at radius 2 is 2.60 bits per heavy atom. The van der Waals surface area contributed by atoms with Crippen molar-refractivity contribution in [2.24, 2.45) is 0 Å². The summed E-state index contributed by atoms with van der Waals surface area (Å²) in [5.41, 5.74) is 0. The molecule has 0 radical (unpaired) electrons. The standard InChI is InChI=1S/C6H11NO2S/c8-3-5-4-10-2-1-6(9)7-5/h5,8H,1-4H2,(H,7,9). The van der Waals surface area contributed by atoms with E-state index in [1.807, 2.05) is 0 Å². The van der Waals surface area contributed by atoms with Crippen LogP contribution in [0.25, 0.3) is 0 Å². The maximum absolute atomic E-state index is 10.8. The molecule has 1 aliphatic heterocycles. The zero-order chi connectivity index (χ0) is 7.40. The summed E-state index contributed by atoms with van der Waals surface area (Å²) in [6.07, 6.45) is 0.584. The highest BCUT2D eigenvalue weighted by molar-refractivity contribution is 7.99. The van der Waals surface area contributed by atoms with Gasteiger partial charge < -0.3 is 10.4 Å². The van der Waals surface area contributed by atoms with E-state index in [4.69, 9.17) is 5.11 Å². The van der Waals surface area contributed by atoms with Crippen molar-refractivity contribution in [3.63, 3.8) is 0 Å². The summed E-state index contributed by atoms with van der Waals surface area (Å²) >= 11 is 1.71. The van der Waals surface area contributed by atoms with Gasteiger partial charge in [0.05, 0.1) is 12.6 Å². The lowest BCUT2D eigenvalue weighted by atomic mass is 10.3. The molecule has 4 heteroatoms. The molecule has 0 bridgehead atoms. The van der Waals surface area contributed by atoms with Crippen molar-refractivity contribution in [3.05, 3.63) is 0 Å². The van der Waals surface area contributed by atoms with E-state index in [9.17, 15) is 4.79 Å². The van der Waals surface area contributed by atoms with Crippen LogP contribution in [0, 0.1) is 0 Å². The summed E-state index contributed by atoms with van der Waals surface area (Å²) in [5.74, 6) is 1.77. The summed E-state index contributed by atoms with van der Waals surface area (Å²) in [7, 11) is 0. The number of aliphatic hydroxyl groups is 1. The van der Waals surface area contributed by atoms with Gasteiger partial charge in [-0.3, -0.25) is 4.79 Å². The molecule has 0 spiro atoms. The van der Waals surface area contributed by atoms with Gasteiger partial charge in [0.25, 0.3) is 0 Å². The lowest BCUT2D eigenvalue weighted by molar-refractivity contribution is -0.121. The summed E-state index contributed by atoms with van der Waals surface area (Å²) in [4.78, 5) is 10.8. The zero-order valence-corrected chi connectivity index (χ0v) is 6.49. The van der Waals surface area contributed by atoms with Crippen LogP contribution in [0.4, 0.5) is 0 Å². The minimum Gasteiger partial charge on any atom is -0.394 e. The second-order valence-electron chi connectivity index (χ2n) is 2.27. The van der Waals surface area contributed by atoms with E-state index < -0.39 is 0 Å². The lowest BCUT2D eigenvalue weighted by Gasteiger charge is -2.10. The number of carbonyl (C=O) groups is 1. The van der Waals surface area contributed by atoms with E-state index in [0.29, 0.717) is 6.42 Å². The highest BCUT2D eigenvalue weighted by Gasteiger charge is 2.14. The molecule has 1 fully saturated rings. The highest BCUT2D eigenvalue weighted by Crippen LogP contribution is 2.08. The Morgan fingerprint density at radius 3 is 3.30 bits per heavy atom. The first-order valence-corrected chi connectivity index (χ1v) is 4.46. The van der Waals surface area contributed by atoms with Crippen LogP contribution < -0.4 is 5.32 Å². The largest absolute Gasteiger partial charge is 0.394 e. The van der Waals surface area contributed by atoms with E-state index >= 15 is 0 Å². The van der Waals surface area contributed by atoms with E-state index in [-0.39, 0.29) is 18.6 Å². The van der Waals surface area contributed by atoms with E-state index in [0.717, 1.165) is 11.5 Å². The van der Waals surface area contributed by atoms with Crippen LogP contribution in [-0.4, -0.2) is 35.2 Å². The number of hydrogen-bond acceptors (Lipinski definition) is 3. The fourth-order valence-corrected chi connectivity index (χ4v) is 1.80. The van der Waals surface area contributed by atoms with Crippen molar-refractivity contribution < 1.29 is 9.90 Å². The van der Waals surface area contributed by atoms with Crippen LogP contribution in [0.2, 0.25) is 0 Å². The maximum Gasteiger partial charge on any atom is 0.221 e. The number of thioether (sulfide) groups is 1. The van der Waals surface area contributed by atoms with Crippen LogP contribution >= 0.6 is 11.8 Å². The maximum atomic E-state index is 10.8. The van der Waals surface area contributed by atoms with Gasteiger partial charge in [-0.2, -0.15) is 11.8 Å². The second-order valence-corrected chi connectivity index (χ2v) is 3.42. The number of nitrogens with one attached hydrogen (secondary N) is 1. The van der Waals surface area contributed by atoms with Gasteiger partial charge in [-0.05, 0) is 0 Å². The first-order chi connectivity index (χ1) is 4.83. The Kier molecular flexibility index (Phi) is 3.02. The SMILES string of the molecule is O=C1CCSCC(CO)N1. The molecule has 0 aromatic carbocycles. The predicted octanol–water partition coefficient (Wildman–Crippen LogP) is -0.400. The van der Waals surface area contributed by atoms with Crippen molar-refractivity contribution in [1.82, 2.24) is 5.32 Å². The first kappa shape index (κ1) is 7.88. The number of rotatable bonds is 1. The smallest absolute Gasteiger partial charge is 0.221 e. The molecule has 10 heavy (non-hydrogen) atoms. The molecule has 1 saturated heterocycles. The Hall–Kier alpha value is -0.220. The highest BCUT2D eigenvalue weighted by atomic mass is 32.2. The van der Waals surface area contributed by atoms with E-state index in [1.54, 1.807) is 11.8 Å². The van der Waals surface area contributed by atoms with Gasteiger partial charge in [-0.25, -0.2) is 0 Å². The Bertz CT molecular complexity index is 129. The Morgan fingerprint density at radius 1 is 1.80 bits per heavy atom. The van der Waals surface area contributed by atoms with Crippen LogP contribution in [0.3, 0.4) is 0 Å². The summed E-state index contributed by atoms with van der Waals surface area (Å²) < 4.78 is 0. The van der Waals surface area contributed by atoms with Crippen molar-refractivity contribution in [1.29, 1.82) is 0 Å². The van der Waals surface area contributed by atoms with Gasteiger partial charge in [0.1, 0.15) is 0 Å². The van der Waals surface area contributed by atoms with Crippen molar-refractivity contribution in [2.45, 2.75) is 12.5 Å². The van der Waals surface area contributed by atoms with Crippen LogP contribution in [0.15, 0.2) is 0 Å². The number of hydrogen-bond donors (Lipinski definition) is 2. The molecule has 2 N–H and O–H groups in total. The molecule has 58 valence electrons. The molecule has 1 unspecified atom stereocenters. The van der Waals surface area contributed by atoms with Gasteiger partial charge in [-0.15, -0.1) is 0 Å². The average molecular weight is 161 g/mol. The van der Waals surface area contributed by atoms with E-state index in [2.05, 4.69) is 5.32 Å². The molecule has 0 aromatic heterocycles. The molecular weight excluding hydrogens is 150 g/mol. The average Bonchev–Trinajstić information content (AvgIpc) is 2.13. The molecule has 0 aliphatic carbocycles. The Balaban J connectivity index is 2.38. The monoisotopic (exact) mass is 161 g/mol. The third-order valence-electron chi connectivity index (χ3n) is 1.38. The summed E-state index contributed by atoms with van der Waals surface area (Å²) in [5, 5.41) is 11.4. The normalized spacial score (nSPS) is 27.3. The van der Waals surface area contributed by atoms with Crippen molar-refractivity contribution >= 4 is 17.7 Å². The van der Waals surface area contributed by atoms with Crippen molar-refractivity contribution in [2.75, 3.05) is 18.1 Å². The molecule has 3 nitrogen and oxygen atoms in total. The predicted molar refractivity (Wildman–Crippen MR) is 41.0 cm³/mol. The van der Waals surface area contributed by atoms with Gasteiger partial charge >= 0.3 is 0 Å². The number of amides is 1. The third kappa shape index (κ3) is 2.19. The molecule has 0 aromatic rings. The van der Waals surface area contributed by atoms with Crippen LogP contribution in [-0.2, 0) is 4.79 Å². The van der Waals surface area contributed by atoms with Crippen molar-refractivity contribution in [3.8, 4) is 0 Å². The van der Waals surface area contributed by atoms with Gasteiger partial charge in [0, 0.05) is 17.9 Å². The van der Waals surface area contributed by atoms with Gasteiger partial charge in [0.15, 0.2) is 0 Å². The fraction of sp³-hybridized carbons (Fsp3) is 0.833. The molecule has 1 aliphatic rings. The minimum absolute atomic E-state index is 0.0278. The summed E-state index contributed by atoms with van der Waals surface area (Å²) in [6.45, 7) is 0.0543. The van der Waals surface area contributed by atoms with Crippen LogP contribution in [0.1, 0.15) is 6.42 Å². The summed E-state index contributed by atoms with van der Waals surface area (Å²) in [6, 6.07) is -0.0278. The van der Waals surface area contributed by atoms with Crippen LogP contribution in [0.5, 0.6) is 0 Å². The number of aliphatic hydroxyl groups excluding tert-OH is 1. The molecular formula is C6H11NO2S. The lowest BCUT2D eigenvalue weighted by Crippen LogP contribution is -2.37. The third-order valence-corrected chi connectivity index (χ3v) is 2.51. The Labute approximate surface area is 64.2 Å². The molecule has 1 rings (SSSR count). The van der Waals surface area contributed by atoms with E-state index in [1.165, 1.54) is 0 Å². The molecule has 1 atom stereocenters. The van der Waals surface area contributed by atoms with Gasteiger partial charge in [0.2, 0.25) is 5.91 Å². The fourth-order valence-electron chi connectivity index (χ4n) is 0.830. The molecule has 0 saturated carbocycles. The topological polar surface area (TPSA) is 49.3 Å². The zero-order valence-electron chi connectivity index (χ0n) is 5.67. The molecule has 1 amide bonds. The molecule has 1 heterocycles. The minimum atomic E-state index is -0.0278. The quantitative estimate of drug-likeness (QED) is 0.550. The number of carbonyl (C=O) groups excluding carboxylic acids is 1. The second kappa shape index (κ2) is 3.83. The first-order valence-electron chi connectivity index (χ1n) is 3.31.